The smallest absolute Gasteiger partial charge is 0.276 e. The van der Waals surface area contributed by atoms with Gasteiger partial charge < -0.3 is 4.74 Å². The topological polar surface area (TPSA) is 52.4 Å². The second-order valence-electron chi connectivity index (χ2n) is 3.68. The van der Waals surface area contributed by atoms with Crippen molar-refractivity contribution in [1.29, 1.82) is 0 Å². The highest BCUT2D eigenvalue weighted by Gasteiger charge is 2.11. The lowest BCUT2D eigenvalue weighted by atomic mass is 10.3. The van der Waals surface area contributed by atoms with Crippen molar-refractivity contribution in [2.24, 2.45) is 0 Å². The largest absolute Gasteiger partial charge is 0.457 e. The van der Waals surface area contributed by atoms with Crippen LogP contribution in [0.5, 0.6) is 11.5 Å². The minimum absolute atomic E-state index is 0.101. The lowest BCUT2D eigenvalue weighted by Crippen LogP contribution is -1.91. The highest BCUT2D eigenvalue weighted by Crippen LogP contribution is 2.28. The van der Waals surface area contributed by atoms with Gasteiger partial charge in [0, 0.05) is 11.0 Å². The Morgan fingerprint density at radius 2 is 1.84 bits per heavy atom. The summed E-state index contributed by atoms with van der Waals surface area (Å²) < 4.78 is 18.6. The maximum Gasteiger partial charge on any atom is 0.276 e. The Bertz CT molecular complexity index is 601. The van der Waals surface area contributed by atoms with E-state index in [4.69, 9.17) is 4.74 Å². The molecule has 0 amide bonds. The molecule has 0 heterocycles. The third kappa shape index (κ3) is 3.45. The summed E-state index contributed by atoms with van der Waals surface area (Å²) in [6.45, 7) is 0. The molecule has 98 valence electrons. The van der Waals surface area contributed by atoms with Crippen LogP contribution >= 0.6 is 11.8 Å². The van der Waals surface area contributed by atoms with E-state index in [0.29, 0.717) is 5.75 Å². The molecule has 0 spiro atoms. The molecule has 0 saturated heterocycles. The van der Waals surface area contributed by atoms with Gasteiger partial charge in [0.05, 0.1) is 17.1 Å². The van der Waals surface area contributed by atoms with Crippen molar-refractivity contribution in [1.82, 2.24) is 0 Å². The first kappa shape index (κ1) is 13.4. The number of nitro benzene ring substituents is 1. The minimum Gasteiger partial charge on any atom is -0.457 e. The molecule has 2 aromatic carbocycles. The van der Waals surface area contributed by atoms with E-state index in [1.165, 1.54) is 6.07 Å². The molecule has 0 aromatic heterocycles. The molecule has 4 nitrogen and oxygen atoms in total. The standard InChI is InChI=1S/C13H10FNO3S/c1-19-13-4-2-11(3-5-13)18-12-7-9(14)6-10(8-12)15(16)17/h2-8H,1H3. The Morgan fingerprint density at radius 3 is 2.42 bits per heavy atom. The molecule has 0 fully saturated rings. The van der Waals surface area contributed by atoms with Crippen LogP contribution in [0.2, 0.25) is 0 Å². The van der Waals surface area contributed by atoms with Crippen molar-refractivity contribution in [3.63, 3.8) is 0 Å². The van der Waals surface area contributed by atoms with E-state index >= 15 is 0 Å². The van der Waals surface area contributed by atoms with Crippen LogP contribution in [0.3, 0.4) is 0 Å². The van der Waals surface area contributed by atoms with Crippen LogP contribution in [-0.4, -0.2) is 11.2 Å². The second-order valence-corrected chi connectivity index (χ2v) is 4.56. The molecular weight excluding hydrogens is 269 g/mol. The first-order chi connectivity index (χ1) is 9.08. The molecule has 2 aromatic rings. The average molecular weight is 279 g/mol. The van der Waals surface area contributed by atoms with Gasteiger partial charge in [0.25, 0.3) is 5.69 Å². The number of hydrogen-bond acceptors (Lipinski definition) is 4. The fourth-order valence-corrected chi connectivity index (χ4v) is 1.90. The number of rotatable bonds is 4. The summed E-state index contributed by atoms with van der Waals surface area (Å²) in [4.78, 5) is 11.0. The van der Waals surface area contributed by atoms with Gasteiger partial charge in [-0.2, -0.15) is 0 Å². The van der Waals surface area contributed by atoms with E-state index in [1.807, 2.05) is 18.4 Å². The maximum atomic E-state index is 13.2. The van der Waals surface area contributed by atoms with Crippen molar-refractivity contribution in [3.8, 4) is 11.5 Å². The molecule has 6 heteroatoms. The lowest BCUT2D eigenvalue weighted by Gasteiger charge is -2.06. The van der Waals surface area contributed by atoms with Gasteiger partial charge in [-0.05, 0) is 30.5 Å². The quantitative estimate of drug-likeness (QED) is 0.477. The van der Waals surface area contributed by atoms with Crippen LogP contribution in [0, 0.1) is 15.9 Å². The number of benzene rings is 2. The van der Waals surface area contributed by atoms with E-state index in [-0.39, 0.29) is 11.4 Å². The maximum absolute atomic E-state index is 13.2. The van der Waals surface area contributed by atoms with Gasteiger partial charge in [-0.1, -0.05) is 0 Å². The van der Waals surface area contributed by atoms with E-state index in [9.17, 15) is 14.5 Å². The van der Waals surface area contributed by atoms with Crippen molar-refractivity contribution in [3.05, 3.63) is 58.4 Å². The molecule has 0 aliphatic carbocycles. The van der Waals surface area contributed by atoms with Gasteiger partial charge >= 0.3 is 0 Å². The van der Waals surface area contributed by atoms with E-state index in [1.54, 1.807) is 23.9 Å². The first-order valence-electron chi connectivity index (χ1n) is 5.35. The number of non-ortho nitro benzene ring substituents is 1. The Labute approximate surface area is 113 Å². The molecule has 0 bridgehead atoms. The summed E-state index contributed by atoms with van der Waals surface area (Å²) >= 11 is 1.59. The molecule has 0 aliphatic heterocycles. The minimum atomic E-state index is -0.704. The summed E-state index contributed by atoms with van der Waals surface area (Å²) in [5, 5.41) is 10.6. The SMILES string of the molecule is CSc1ccc(Oc2cc(F)cc([N+](=O)[O-])c2)cc1. The number of nitro groups is 1. The molecular formula is C13H10FNO3S. The zero-order valence-corrected chi connectivity index (χ0v) is 10.8. The van der Waals surface area contributed by atoms with Crippen molar-refractivity contribution >= 4 is 17.4 Å². The Balaban J connectivity index is 2.24. The molecule has 0 unspecified atom stereocenters. The van der Waals surface area contributed by atoms with Crippen LogP contribution < -0.4 is 4.74 Å². The van der Waals surface area contributed by atoms with Gasteiger partial charge in [0.1, 0.15) is 17.3 Å². The summed E-state index contributed by atoms with van der Waals surface area (Å²) in [5.74, 6) is -0.105. The molecule has 0 atom stereocenters. The molecule has 19 heavy (non-hydrogen) atoms. The summed E-state index contributed by atoms with van der Waals surface area (Å²) in [7, 11) is 0. The number of halogens is 1. The van der Waals surface area contributed by atoms with E-state index in [0.717, 1.165) is 17.0 Å². The second kappa shape index (κ2) is 5.71. The van der Waals surface area contributed by atoms with Crippen LogP contribution in [0.1, 0.15) is 0 Å². The average Bonchev–Trinajstić information content (AvgIpc) is 2.39. The van der Waals surface area contributed by atoms with Gasteiger partial charge in [-0.3, -0.25) is 10.1 Å². The van der Waals surface area contributed by atoms with Gasteiger partial charge in [0.2, 0.25) is 0 Å². The molecule has 0 aliphatic rings. The molecule has 0 radical (unpaired) electrons. The highest BCUT2D eigenvalue weighted by atomic mass is 32.2. The van der Waals surface area contributed by atoms with Crippen molar-refractivity contribution in [2.45, 2.75) is 4.90 Å². The number of ether oxygens (including phenoxy) is 1. The van der Waals surface area contributed by atoms with Crippen LogP contribution in [0.4, 0.5) is 10.1 Å². The summed E-state index contributed by atoms with van der Waals surface area (Å²) in [5.41, 5.74) is -0.337. The Hall–Kier alpha value is -2.08. The monoisotopic (exact) mass is 279 g/mol. The zero-order valence-electron chi connectivity index (χ0n) is 10.00. The van der Waals surface area contributed by atoms with Crippen LogP contribution in [0.25, 0.3) is 0 Å². The van der Waals surface area contributed by atoms with Crippen molar-refractivity contribution < 1.29 is 14.1 Å². The van der Waals surface area contributed by atoms with Crippen LogP contribution in [0.15, 0.2) is 47.4 Å². The van der Waals surface area contributed by atoms with Crippen molar-refractivity contribution in [2.75, 3.05) is 6.26 Å². The van der Waals surface area contributed by atoms with Crippen LogP contribution in [-0.2, 0) is 0 Å². The predicted octanol–water partition coefficient (Wildman–Crippen LogP) is 4.25. The predicted molar refractivity (Wildman–Crippen MR) is 71.4 cm³/mol. The highest BCUT2D eigenvalue weighted by molar-refractivity contribution is 7.98. The third-order valence-electron chi connectivity index (χ3n) is 2.36. The Kier molecular flexibility index (Phi) is 4.01. The fraction of sp³-hybridized carbons (Fsp3) is 0.0769. The summed E-state index contributed by atoms with van der Waals surface area (Å²) in [6, 6.07) is 10.3. The van der Waals surface area contributed by atoms with Gasteiger partial charge in [0.15, 0.2) is 0 Å². The van der Waals surface area contributed by atoms with E-state index < -0.39 is 10.7 Å². The molecule has 0 saturated carbocycles. The van der Waals surface area contributed by atoms with E-state index in [2.05, 4.69) is 0 Å². The number of nitrogens with zero attached hydrogens (tertiary/aromatic N) is 1. The third-order valence-corrected chi connectivity index (χ3v) is 3.11. The Morgan fingerprint density at radius 1 is 1.16 bits per heavy atom. The normalized spacial score (nSPS) is 10.2. The molecule has 2 rings (SSSR count). The first-order valence-corrected chi connectivity index (χ1v) is 6.58. The fourth-order valence-electron chi connectivity index (χ4n) is 1.49. The number of thioether (sulfide) groups is 1. The number of hydrogen-bond donors (Lipinski definition) is 0. The van der Waals surface area contributed by atoms with Gasteiger partial charge in [-0.25, -0.2) is 4.39 Å². The summed E-state index contributed by atoms with van der Waals surface area (Å²) in [6.07, 6.45) is 1.95. The lowest BCUT2D eigenvalue weighted by molar-refractivity contribution is -0.385. The van der Waals surface area contributed by atoms with Gasteiger partial charge in [-0.15, -0.1) is 11.8 Å². The molecule has 0 N–H and O–H groups in total. The zero-order chi connectivity index (χ0) is 13.8.